The molecule has 0 heterocycles. The van der Waals surface area contributed by atoms with Crippen LogP contribution in [0.15, 0.2) is 30.3 Å². The fourth-order valence-electron chi connectivity index (χ4n) is 1.69. The Hall–Kier alpha value is -0.563. The van der Waals surface area contributed by atoms with Crippen LogP contribution in [0.1, 0.15) is 32.3 Å². The van der Waals surface area contributed by atoms with Gasteiger partial charge in [0.2, 0.25) is 0 Å². The van der Waals surface area contributed by atoms with Gasteiger partial charge in [-0.25, -0.2) is 0 Å². The van der Waals surface area contributed by atoms with Crippen molar-refractivity contribution in [1.29, 1.82) is 0 Å². The number of hydrogen-bond acceptors (Lipinski definition) is 0. The van der Waals surface area contributed by atoms with Gasteiger partial charge in [-0.2, -0.15) is 0 Å². The summed E-state index contributed by atoms with van der Waals surface area (Å²) in [5.74, 6) is 0. The number of rotatable bonds is 5. The molecular weight excluding hydrogens is 184 g/mol. The van der Waals surface area contributed by atoms with Crippen LogP contribution in [0.25, 0.3) is 0 Å². The molecule has 0 spiro atoms. The van der Waals surface area contributed by atoms with Gasteiger partial charge in [-0.05, 0) is 23.8 Å². The van der Waals surface area contributed by atoms with Crippen LogP contribution in [0.5, 0.6) is 0 Å². The summed E-state index contributed by atoms with van der Waals surface area (Å²) >= 11 is 0. The fraction of sp³-hybridized carbons (Fsp3) is 0.538. The zero-order chi connectivity index (χ0) is 10.4. The van der Waals surface area contributed by atoms with Gasteiger partial charge in [-0.1, -0.05) is 56.6 Å². The highest BCUT2D eigenvalue weighted by atomic mass is 28.1. The quantitative estimate of drug-likeness (QED) is 0.650. The molecule has 14 heavy (non-hydrogen) atoms. The summed E-state index contributed by atoms with van der Waals surface area (Å²) in [5, 5.41) is 0. The molecule has 1 atom stereocenters. The summed E-state index contributed by atoms with van der Waals surface area (Å²) in [7, 11) is 1.33. The first-order valence-corrected chi connectivity index (χ1v) is 7.15. The van der Waals surface area contributed by atoms with Crippen LogP contribution in [0.4, 0.5) is 0 Å². The van der Waals surface area contributed by atoms with E-state index in [1.54, 1.807) is 0 Å². The van der Waals surface area contributed by atoms with E-state index in [2.05, 4.69) is 44.2 Å². The van der Waals surface area contributed by atoms with Crippen molar-refractivity contribution in [2.24, 2.45) is 5.41 Å². The molecule has 0 unspecified atom stereocenters. The van der Waals surface area contributed by atoms with Gasteiger partial charge < -0.3 is 0 Å². The van der Waals surface area contributed by atoms with E-state index in [9.17, 15) is 0 Å². The minimum Gasteiger partial charge on any atom is -0.0649 e. The molecule has 0 aromatic heterocycles. The first-order valence-electron chi connectivity index (χ1n) is 5.74. The minimum absolute atomic E-state index is 0.599. The predicted octanol–water partition coefficient (Wildman–Crippen LogP) is 2.82. The standard InChI is InChI=1S/C13H22Si/c1-3-13(2,11-14)10-9-12-7-5-4-6-8-12/h4-8H,3,9-11H2,1-2,14H3/t13-/m0/s1. The molecule has 78 valence electrons. The lowest BCUT2D eigenvalue weighted by molar-refractivity contribution is 0.323. The van der Waals surface area contributed by atoms with Crippen molar-refractivity contribution in [2.75, 3.05) is 0 Å². The molecule has 0 radical (unpaired) electrons. The van der Waals surface area contributed by atoms with Gasteiger partial charge in [0.25, 0.3) is 0 Å². The lowest BCUT2D eigenvalue weighted by atomic mass is 9.83. The molecule has 0 aliphatic heterocycles. The third-order valence-corrected chi connectivity index (χ3v) is 5.27. The van der Waals surface area contributed by atoms with Crippen molar-refractivity contribution in [3.05, 3.63) is 35.9 Å². The van der Waals surface area contributed by atoms with Crippen LogP contribution in [0, 0.1) is 5.41 Å². The summed E-state index contributed by atoms with van der Waals surface area (Å²) in [6.45, 7) is 4.76. The van der Waals surface area contributed by atoms with Crippen LogP contribution >= 0.6 is 0 Å². The summed E-state index contributed by atoms with van der Waals surface area (Å²) in [4.78, 5) is 0. The third-order valence-electron chi connectivity index (χ3n) is 3.57. The van der Waals surface area contributed by atoms with E-state index >= 15 is 0 Å². The van der Waals surface area contributed by atoms with Crippen molar-refractivity contribution >= 4 is 10.2 Å². The van der Waals surface area contributed by atoms with Gasteiger partial charge in [-0.3, -0.25) is 0 Å². The number of hydrogen-bond donors (Lipinski definition) is 0. The van der Waals surface area contributed by atoms with Gasteiger partial charge in [0, 0.05) is 10.2 Å². The van der Waals surface area contributed by atoms with Crippen LogP contribution in [-0.4, -0.2) is 10.2 Å². The van der Waals surface area contributed by atoms with Crippen molar-refractivity contribution < 1.29 is 0 Å². The summed E-state index contributed by atoms with van der Waals surface area (Å²) in [6, 6.07) is 12.3. The number of benzene rings is 1. The Bertz CT molecular complexity index is 249. The Morgan fingerprint density at radius 1 is 1.21 bits per heavy atom. The van der Waals surface area contributed by atoms with Crippen LogP contribution < -0.4 is 0 Å². The second-order valence-corrected chi connectivity index (χ2v) is 5.21. The highest BCUT2D eigenvalue weighted by molar-refractivity contribution is 6.08. The third kappa shape index (κ3) is 3.30. The van der Waals surface area contributed by atoms with E-state index in [0.717, 1.165) is 0 Å². The molecule has 0 nitrogen and oxygen atoms in total. The average Bonchev–Trinajstić information content (AvgIpc) is 2.27. The Morgan fingerprint density at radius 3 is 2.36 bits per heavy atom. The zero-order valence-corrected chi connectivity index (χ0v) is 11.7. The van der Waals surface area contributed by atoms with E-state index < -0.39 is 0 Å². The van der Waals surface area contributed by atoms with E-state index in [1.165, 1.54) is 41.1 Å². The SMILES string of the molecule is CC[C@](C)(C[SiH3])CCc1ccccc1. The van der Waals surface area contributed by atoms with E-state index in [-0.39, 0.29) is 0 Å². The zero-order valence-electron chi connectivity index (χ0n) is 9.72. The highest BCUT2D eigenvalue weighted by Crippen LogP contribution is 2.30. The van der Waals surface area contributed by atoms with Crippen LogP contribution in [0.3, 0.4) is 0 Å². The largest absolute Gasteiger partial charge is 0.0649 e. The Balaban J connectivity index is 2.48. The monoisotopic (exact) mass is 206 g/mol. The van der Waals surface area contributed by atoms with Crippen molar-refractivity contribution in [1.82, 2.24) is 0 Å². The van der Waals surface area contributed by atoms with Crippen molar-refractivity contribution in [2.45, 2.75) is 39.2 Å². The molecule has 1 aromatic rings. The second-order valence-electron chi connectivity index (χ2n) is 4.50. The summed E-state index contributed by atoms with van der Waals surface area (Å²) < 4.78 is 0. The van der Waals surface area contributed by atoms with Crippen molar-refractivity contribution in [3.8, 4) is 0 Å². The Morgan fingerprint density at radius 2 is 1.86 bits per heavy atom. The maximum absolute atomic E-state index is 2.43. The first-order chi connectivity index (χ1) is 6.70. The van der Waals surface area contributed by atoms with Gasteiger partial charge >= 0.3 is 0 Å². The molecule has 0 fully saturated rings. The highest BCUT2D eigenvalue weighted by Gasteiger charge is 2.18. The van der Waals surface area contributed by atoms with Gasteiger partial charge in [0.15, 0.2) is 0 Å². The molecule has 0 bridgehead atoms. The van der Waals surface area contributed by atoms with E-state index in [1.807, 2.05) is 0 Å². The summed E-state index contributed by atoms with van der Waals surface area (Å²) in [5.41, 5.74) is 2.09. The lowest BCUT2D eigenvalue weighted by Gasteiger charge is -2.26. The average molecular weight is 206 g/mol. The first kappa shape index (κ1) is 11.5. The van der Waals surface area contributed by atoms with Gasteiger partial charge in [0.1, 0.15) is 0 Å². The Kier molecular flexibility index (Phi) is 4.40. The lowest BCUT2D eigenvalue weighted by Crippen LogP contribution is -2.15. The molecule has 0 saturated heterocycles. The van der Waals surface area contributed by atoms with Gasteiger partial charge in [0.05, 0.1) is 0 Å². The predicted molar refractivity (Wildman–Crippen MR) is 67.9 cm³/mol. The molecular formula is C13H22Si. The molecule has 0 amide bonds. The van der Waals surface area contributed by atoms with Crippen molar-refractivity contribution in [3.63, 3.8) is 0 Å². The molecule has 1 aromatic carbocycles. The smallest absolute Gasteiger partial charge is 0.00348 e. The Labute approximate surface area is 91.2 Å². The number of aryl methyl sites for hydroxylation is 1. The van der Waals surface area contributed by atoms with E-state index in [0.29, 0.717) is 5.41 Å². The molecule has 0 aliphatic carbocycles. The molecule has 1 rings (SSSR count). The fourth-order valence-corrected chi connectivity index (χ4v) is 2.55. The van der Waals surface area contributed by atoms with Crippen LogP contribution in [0.2, 0.25) is 6.04 Å². The topological polar surface area (TPSA) is 0 Å². The molecule has 0 N–H and O–H groups in total. The molecule has 0 saturated carbocycles. The van der Waals surface area contributed by atoms with Crippen LogP contribution in [-0.2, 0) is 6.42 Å². The maximum atomic E-state index is 2.43. The molecule has 1 heteroatoms. The normalized spacial score (nSPS) is 15.3. The second kappa shape index (κ2) is 5.35. The summed E-state index contributed by atoms with van der Waals surface area (Å²) in [6.07, 6.45) is 3.91. The van der Waals surface area contributed by atoms with Gasteiger partial charge in [-0.15, -0.1) is 0 Å². The minimum atomic E-state index is 0.599. The maximum Gasteiger partial charge on any atom is 0.00348 e. The molecule has 0 aliphatic rings. The van der Waals surface area contributed by atoms with E-state index in [4.69, 9.17) is 0 Å².